The van der Waals surface area contributed by atoms with E-state index in [0.29, 0.717) is 41.8 Å². The molecule has 0 aliphatic carbocycles. The molecule has 8 nitrogen and oxygen atoms in total. The lowest BCUT2D eigenvalue weighted by molar-refractivity contribution is -0.0457. The van der Waals surface area contributed by atoms with Crippen LogP contribution in [-0.4, -0.2) is 62.2 Å². The van der Waals surface area contributed by atoms with E-state index in [1.807, 2.05) is 18.2 Å². The molecule has 5 rings (SSSR count). The molecule has 1 aromatic carbocycles. The molecule has 4 atom stereocenters. The van der Waals surface area contributed by atoms with Crippen molar-refractivity contribution in [3.8, 4) is 0 Å². The predicted molar refractivity (Wildman–Crippen MR) is 106 cm³/mol. The van der Waals surface area contributed by atoms with Gasteiger partial charge in [-0.2, -0.15) is 0 Å². The van der Waals surface area contributed by atoms with Crippen LogP contribution in [0.1, 0.15) is 28.6 Å². The molecule has 30 heavy (non-hydrogen) atoms. The molecule has 2 aliphatic heterocycles. The van der Waals surface area contributed by atoms with Gasteiger partial charge in [-0.3, -0.25) is 9.69 Å². The van der Waals surface area contributed by atoms with Crippen molar-refractivity contribution >= 4 is 22.8 Å². The molecular formula is C21H21FN4O4. The highest BCUT2D eigenvalue weighted by molar-refractivity contribution is 6.10. The predicted octanol–water partition coefficient (Wildman–Crippen LogP) is 1.61. The van der Waals surface area contributed by atoms with Crippen molar-refractivity contribution in [2.75, 3.05) is 18.1 Å². The zero-order valence-electron chi connectivity index (χ0n) is 16.1. The van der Waals surface area contributed by atoms with Crippen molar-refractivity contribution in [2.45, 2.75) is 37.4 Å². The molecule has 2 aromatic heterocycles. The molecule has 0 saturated carbocycles. The first-order valence-electron chi connectivity index (χ1n) is 9.90. The summed E-state index contributed by atoms with van der Waals surface area (Å²) in [6.07, 6.45) is -0.788. The van der Waals surface area contributed by atoms with E-state index < -0.39 is 31.2 Å². The number of aromatic nitrogens is 3. The number of hydrogen-bond donors (Lipinski definition) is 2. The van der Waals surface area contributed by atoms with Crippen molar-refractivity contribution in [3.05, 3.63) is 54.0 Å². The average molecular weight is 412 g/mol. The van der Waals surface area contributed by atoms with E-state index in [-0.39, 0.29) is 5.91 Å². The summed E-state index contributed by atoms with van der Waals surface area (Å²) < 4.78 is 21.9. The van der Waals surface area contributed by atoms with Crippen molar-refractivity contribution in [3.63, 3.8) is 0 Å². The fraction of sp³-hybridized carbons (Fsp3) is 0.381. The third-order valence-electron chi connectivity index (χ3n) is 5.77. The molecule has 2 aliphatic rings. The van der Waals surface area contributed by atoms with Crippen molar-refractivity contribution in [1.82, 2.24) is 14.5 Å². The molecule has 0 unspecified atom stereocenters. The first-order valence-corrected chi connectivity index (χ1v) is 9.90. The van der Waals surface area contributed by atoms with Gasteiger partial charge in [-0.1, -0.05) is 18.2 Å². The van der Waals surface area contributed by atoms with E-state index in [2.05, 4.69) is 9.97 Å². The molecule has 4 heterocycles. The smallest absolute Gasteiger partial charge is 0.259 e. The van der Waals surface area contributed by atoms with Crippen molar-refractivity contribution < 1.29 is 24.1 Å². The monoisotopic (exact) mass is 412 g/mol. The number of anilines is 1. The number of rotatable bonds is 3. The van der Waals surface area contributed by atoms with Gasteiger partial charge in [0.05, 0.1) is 12.0 Å². The minimum Gasteiger partial charge on any atom is -0.394 e. The zero-order chi connectivity index (χ0) is 20.8. The maximum Gasteiger partial charge on any atom is 0.259 e. The van der Waals surface area contributed by atoms with Crippen molar-refractivity contribution in [2.24, 2.45) is 0 Å². The number of alkyl halides is 1. The van der Waals surface area contributed by atoms with Gasteiger partial charge in [0.1, 0.15) is 30.0 Å². The second kappa shape index (κ2) is 7.42. The highest BCUT2D eigenvalue weighted by atomic mass is 19.1. The Kier molecular flexibility index (Phi) is 4.73. The minimum absolute atomic E-state index is 0.160. The molecule has 1 saturated heterocycles. The van der Waals surface area contributed by atoms with E-state index in [4.69, 9.17) is 4.74 Å². The van der Waals surface area contributed by atoms with E-state index >= 15 is 0 Å². The quantitative estimate of drug-likeness (QED) is 0.678. The van der Waals surface area contributed by atoms with Gasteiger partial charge in [-0.05, 0) is 30.5 Å². The Bertz CT molecular complexity index is 1090. The average Bonchev–Trinajstić information content (AvgIpc) is 3.21. The van der Waals surface area contributed by atoms with Crippen LogP contribution in [0.15, 0.2) is 42.9 Å². The molecule has 3 aromatic rings. The second-order valence-electron chi connectivity index (χ2n) is 7.57. The van der Waals surface area contributed by atoms with E-state index in [1.165, 1.54) is 10.9 Å². The molecule has 9 heteroatoms. The van der Waals surface area contributed by atoms with Gasteiger partial charge in [-0.25, -0.2) is 14.4 Å². The fourth-order valence-corrected chi connectivity index (χ4v) is 4.28. The lowest BCUT2D eigenvalue weighted by atomic mass is 10.1. The summed E-state index contributed by atoms with van der Waals surface area (Å²) in [5.41, 5.74) is 1.88. The first-order chi connectivity index (χ1) is 14.6. The SMILES string of the molecule is O=C(c1ccccc1)N1CCCc2cn([C@@H]3O[C@H](CO)[C@@H](O)[C@H]3F)c3ncnc1c23. The summed E-state index contributed by atoms with van der Waals surface area (Å²) in [5.74, 6) is 0.320. The summed E-state index contributed by atoms with van der Waals surface area (Å²) in [6, 6.07) is 8.99. The topological polar surface area (TPSA) is 101 Å². The Morgan fingerprint density at radius 3 is 2.80 bits per heavy atom. The van der Waals surface area contributed by atoms with Gasteiger partial charge in [0.15, 0.2) is 12.4 Å². The second-order valence-corrected chi connectivity index (χ2v) is 7.57. The Balaban J connectivity index is 1.60. The molecule has 1 amide bonds. The van der Waals surface area contributed by atoms with Crippen LogP contribution in [0.3, 0.4) is 0 Å². The number of carbonyl (C=O) groups excluding carboxylic acids is 1. The van der Waals surface area contributed by atoms with E-state index in [1.54, 1.807) is 23.2 Å². The zero-order valence-corrected chi connectivity index (χ0v) is 16.1. The first kappa shape index (κ1) is 19.1. The summed E-state index contributed by atoms with van der Waals surface area (Å²) in [4.78, 5) is 23.5. The molecule has 0 radical (unpaired) electrons. The Morgan fingerprint density at radius 2 is 2.07 bits per heavy atom. The fourth-order valence-electron chi connectivity index (χ4n) is 4.28. The third kappa shape index (κ3) is 2.89. The minimum atomic E-state index is -1.71. The number of halogens is 1. The van der Waals surface area contributed by atoms with Crippen LogP contribution in [-0.2, 0) is 11.2 Å². The summed E-state index contributed by atoms with van der Waals surface area (Å²) in [5, 5.41) is 20.0. The summed E-state index contributed by atoms with van der Waals surface area (Å²) >= 11 is 0. The molecule has 1 fully saturated rings. The number of aliphatic hydroxyl groups is 2. The number of hydrogen-bond acceptors (Lipinski definition) is 6. The molecule has 0 bridgehead atoms. The van der Waals surface area contributed by atoms with Gasteiger partial charge in [0.2, 0.25) is 0 Å². The number of ether oxygens (including phenoxy) is 1. The van der Waals surface area contributed by atoms with Gasteiger partial charge in [-0.15, -0.1) is 0 Å². The van der Waals surface area contributed by atoms with Gasteiger partial charge < -0.3 is 19.5 Å². The number of nitrogens with zero attached hydrogens (tertiary/aromatic N) is 4. The highest BCUT2D eigenvalue weighted by Crippen LogP contribution is 2.38. The molecular weight excluding hydrogens is 391 g/mol. The maximum atomic E-state index is 14.8. The molecule has 0 spiro atoms. The van der Waals surface area contributed by atoms with Crippen molar-refractivity contribution in [1.29, 1.82) is 0 Å². The number of amides is 1. The standard InChI is InChI=1S/C21H21FN4O4/c22-16-17(28)14(10-27)30-21(16)26-9-13-7-4-8-25(18-15(13)19(26)24-11-23-18)20(29)12-5-2-1-3-6-12/h1-3,5-6,9,11,14,16-17,21,27-28H,4,7-8,10H2/t14-,16-,17-,21-/m1/s1. The Morgan fingerprint density at radius 1 is 1.27 bits per heavy atom. The number of carbonyl (C=O) groups is 1. The van der Waals surface area contributed by atoms with Crippen LogP contribution in [0.25, 0.3) is 11.0 Å². The van der Waals surface area contributed by atoms with Crippen LogP contribution in [0.4, 0.5) is 10.2 Å². The third-order valence-corrected chi connectivity index (χ3v) is 5.77. The Labute approximate surface area is 171 Å². The maximum absolute atomic E-state index is 14.8. The van der Waals surface area contributed by atoms with Crippen LogP contribution >= 0.6 is 0 Å². The van der Waals surface area contributed by atoms with Gasteiger partial charge >= 0.3 is 0 Å². The lowest BCUT2D eigenvalue weighted by Gasteiger charge is -2.21. The molecule has 2 N–H and O–H groups in total. The van der Waals surface area contributed by atoms with E-state index in [9.17, 15) is 19.4 Å². The van der Waals surface area contributed by atoms with Gasteiger partial charge in [0.25, 0.3) is 5.91 Å². The van der Waals surface area contributed by atoms with E-state index in [0.717, 1.165) is 5.56 Å². The lowest BCUT2D eigenvalue weighted by Crippen LogP contribution is -2.32. The Hall–Kier alpha value is -2.88. The highest BCUT2D eigenvalue weighted by Gasteiger charge is 2.45. The number of benzene rings is 1. The van der Waals surface area contributed by atoms with Crippen LogP contribution in [0, 0.1) is 0 Å². The van der Waals surface area contributed by atoms with Crippen LogP contribution < -0.4 is 4.90 Å². The summed E-state index contributed by atoms with van der Waals surface area (Å²) in [6.45, 7) is 0.0230. The van der Waals surface area contributed by atoms with Crippen LogP contribution in [0.5, 0.6) is 0 Å². The summed E-state index contributed by atoms with van der Waals surface area (Å²) in [7, 11) is 0. The normalized spacial score (nSPS) is 26.2. The molecule has 156 valence electrons. The number of aliphatic hydroxyl groups excluding tert-OH is 2. The number of aryl methyl sites for hydroxylation is 1. The largest absolute Gasteiger partial charge is 0.394 e. The van der Waals surface area contributed by atoms with Crippen LogP contribution in [0.2, 0.25) is 0 Å². The van der Waals surface area contributed by atoms with Gasteiger partial charge in [0, 0.05) is 18.3 Å².